The number of carbonyl (C=O) groups is 1. The van der Waals surface area contributed by atoms with Gasteiger partial charge >= 0.3 is 5.97 Å². The van der Waals surface area contributed by atoms with Crippen LogP contribution in [0, 0.1) is 5.92 Å². The van der Waals surface area contributed by atoms with Crippen LogP contribution in [0.4, 0.5) is 0 Å². The lowest BCUT2D eigenvalue weighted by Gasteiger charge is -2.35. The summed E-state index contributed by atoms with van der Waals surface area (Å²) in [6, 6.07) is 6.91. The van der Waals surface area contributed by atoms with Gasteiger partial charge < -0.3 is 10.5 Å². The van der Waals surface area contributed by atoms with Crippen molar-refractivity contribution in [2.45, 2.75) is 90.5 Å². The number of carbonyl (C=O) groups excluding carboxylic acids is 1. The SMILES string of the molecule is CCCCCCCCc1ccc2c(c1)CC[C@@H]([C@@](C)(N)C(=O)OCC)C2. The van der Waals surface area contributed by atoms with Crippen LogP contribution in [0.1, 0.15) is 82.4 Å². The van der Waals surface area contributed by atoms with Gasteiger partial charge in [0.05, 0.1) is 6.61 Å². The van der Waals surface area contributed by atoms with E-state index in [1.807, 2.05) is 13.8 Å². The fraction of sp³-hybridized carbons (Fsp3) is 0.696. The van der Waals surface area contributed by atoms with Gasteiger partial charge in [0.2, 0.25) is 0 Å². The average molecular weight is 360 g/mol. The van der Waals surface area contributed by atoms with Crippen LogP contribution in [0.25, 0.3) is 0 Å². The number of nitrogens with two attached hydrogens (primary N) is 1. The fourth-order valence-corrected chi connectivity index (χ4v) is 4.04. The van der Waals surface area contributed by atoms with Crippen LogP contribution in [0.2, 0.25) is 0 Å². The van der Waals surface area contributed by atoms with Crippen molar-refractivity contribution in [3.05, 3.63) is 34.9 Å². The van der Waals surface area contributed by atoms with E-state index in [1.54, 1.807) is 0 Å². The summed E-state index contributed by atoms with van der Waals surface area (Å²) >= 11 is 0. The van der Waals surface area contributed by atoms with Crippen molar-refractivity contribution in [2.75, 3.05) is 6.61 Å². The van der Waals surface area contributed by atoms with Crippen molar-refractivity contribution in [3.63, 3.8) is 0 Å². The number of benzene rings is 1. The highest BCUT2D eigenvalue weighted by atomic mass is 16.5. The van der Waals surface area contributed by atoms with Crippen molar-refractivity contribution in [2.24, 2.45) is 11.7 Å². The molecular weight excluding hydrogens is 322 g/mol. The molecule has 0 amide bonds. The smallest absolute Gasteiger partial charge is 0.326 e. The predicted molar refractivity (Wildman–Crippen MR) is 108 cm³/mol. The lowest BCUT2D eigenvalue weighted by atomic mass is 9.73. The summed E-state index contributed by atoms with van der Waals surface area (Å²) in [4.78, 5) is 12.2. The van der Waals surface area contributed by atoms with Crippen LogP contribution < -0.4 is 5.73 Å². The van der Waals surface area contributed by atoms with E-state index < -0.39 is 5.54 Å². The van der Waals surface area contributed by atoms with Crippen LogP contribution in [0.15, 0.2) is 18.2 Å². The molecule has 1 aliphatic rings. The second kappa shape index (κ2) is 10.1. The fourth-order valence-electron chi connectivity index (χ4n) is 4.04. The molecule has 0 saturated carbocycles. The van der Waals surface area contributed by atoms with Gasteiger partial charge in [-0.1, -0.05) is 57.2 Å². The van der Waals surface area contributed by atoms with Gasteiger partial charge in [-0.3, -0.25) is 4.79 Å². The Morgan fingerprint density at radius 2 is 1.88 bits per heavy atom. The first-order chi connectivity index (χ1) is 12.5. The van der Waals surface area contributed by atoms with E-state index in [2.05, 4.69) is 25.1 Å². The first kappa shape index (κ1) is 21.0. The zero-order valence-corrected chi connectivity index (χ0v) is 17.0. The third kappa shape index (κ3) is 5.57. The number of hydrogen-bond acceptors (Lipinski definition) is 3. The Morgan fingerprint density at radius 3 is 2.62 bits per heavy atom. The van der Waals surface area contributed by atoms with E-state index in [4.69, 9.17) is 10.5 Å². The topological polar surface area (TPSA) is 52.3 Å². The minimum atomic E-state index is -0.898. The maximum Gasteiger partial charge on any atom is 0.326 e. The highest BCUT2D eigenvalue weighted by Crippen LogP contribution is 2.33. The number of aryl methyl sites for hydroxylation is 2. The number of unbranched alkanes of at least 4 members (excludes halogenated alkanes) is 5. The second-order valence-electron chi connectivity index (χ2n) is 8.06. The number of fused-ring (bicyclic) bond motifs is 1. The number of rotatable bonds is 10. The van der Waals surface area contributed by atoms with Gasteiger partial charge in [0.1, 0.15) is 5.54 Å². The molecule has 0 saturated heterocycles. The first-order valence-corrected chi connectivity index (χ1v) is 10.6. The largest absolute Gasteiger partial charge is 0.465 e. The summed E-state index contributed by atoms with van der Waals surface area (Å²) in [6.45, 7) is 6.30. The molecule has 0 aromatic heterocycles. The Balaban J connectivity index is 1.89. The molecule has 26 heavy (non-hydrogen) atoms. The van der Waals surface area contributed by atoms with Gasteiger partial charge in [0, 0.05) is 0 Å². The summed E-state index contributed by atoms with van der Waals surface area (Å²) in [7, 11) is 0. The Bertz CT molecular complexity index is 580. The lowest BCUT2D eigenvalue weighted by molar-refractivity contribution is -0.151. The van der Waals surface area contributed by atoms with Crippen LogP contribution >= 0.6 is 0 Å². The van der Waals surface area contributed by atoms with Crippen molar-refractivity contribution in [1.29, 1.82) is 0 Å². The molecule has 0 aliphatic heterocycles. The van der Waals surface area contributed by atoms with Crippen LogP contribution in [0.5, 0.6) is 0 Å². The van der Waals surface area contributed by atoms with E-state index >= 15 is 0 Å². The summed E-state index contributed by atoms with van der Waals surface area (Å²) in [6.07, 6.45) is 12.1. The van der Waals surface area contributed by atoms with E-state index in [0.717, 1.165) is 19.3 Å². The highest BCUT2D eigenvalue weighted by molar-refractivity contribution is 5.80. The maximum absolute atomic E-state index is 12.2. The molecule has 3 nitrogen and oxygen atoms in total. The Labute approximate surface area is 159 Å². The number of ether oxygens (including phenoxy) is 1. The Morgan fingerprint density at radius 1 is 1.15 bits per heavy atom. The molecule has 1 aromatic rings. The van der Waals surface area contributed by atoms with Gasteiger partial charge in [0.25, 0.3) is 0 Å². The van der Waals surface area contributed by atoms with Crippen LogP contribution in [0.3, 0.4) is 0 Å². The molecule has 1 aromatic carbocycles. The lowest BCUT2D eigenvalue weighted by Crippen LogP contribution is -2.54. The molecular formula is C23H37NO2. The van der Waals surface area contributed by atoms with Gasteiger partial charge in [-0.05, 0) is 68.6 Å². The molecule has 2 atom stereocenters. The first-order valence-electron chi connectivity index (χ1n) is 10.6. The van der Waals surface area contributed by atoms with Crippen LogP contribution in [-0.4, -0.2) is 18.1 Å². The molecule has 0 heterocycles. The minimum absolute atomic E-state index is 0.151. The second-order valence-corrected chi connectivity index (χ2v) is 8.06. The van der Waals surface area contributed by atoms with Crippen molar-refractivity contribution < 1.29 is 9.53 Å². The Kier molecular flexibility index (Phi) is 8.15. The van der Waals surface area contributed by atoms with E-state index in [-0.39, 0.29) is 11.9 Å². The van der Waals surface area contributed by atoms with Gasteiger partial charge in [-0.15, -0.1) is 0 Å². The van der Waals surface area contributed by atoms with Gasteiger partial charge in [-0.2, -0.15) is 0 Å². The molecule has 2 rings (SSSR count). The molecule has 0 spiro atoms. The zero-order chi connectivity index (χ0) is 19.0. The molecule has 3 heteroatoms. The molecule has 1 aliphatic carbocycles. The molecule has 2 N–H and O–H groups in total. The summed E-state index contributed by atoms with van der Waals surface area (Å²) < 4.78 is 5.18. The minimum Gasteiger partial charge on any atom is -0.465 e. The zero-order valence-electron chi connectivity index (χ0n) is 17.0. The van der Waals surface area contributed by atoms with Crippen LogP contribution in [-0.2, 0) is 28.8 Å². The summed E-state index contributed by atoms with van der Waals surface area (Å²) in [5.74, 6) is -0.119. The number of esters is 1. The van der Waals surface area contributed by atoms with Crippen molar-refractivity contribution in [1.82, 2.24) is 0 Å². The standard InChI is InChI=1S/C23H37NO2/c1-4-6-7-8-9-10-11-18-12-13-20-17-21(15-14-19(20)16-18)23(3,24)22(25)26-5-2/h12-13,16,21H,4-11,14-15,17,24H2,1-3H3/t21-,23-/m1/s1. The number of hydrogen-bond donors (Lipinski definition) is 1. The molecule has 0 radical (unpaired) electrons. The summed E-state index contributed by atoms with van der Waals surface area (Å²) in [5, 5.41) is 0. The van der Waals surface area contributed by atoms with Crippen molar-refractivity contribution in [3.8, 4) is 0 Å². The van der Waals surface area contributed by atoms with Gasteiger partial charge in [0.15, 0.2) is 0 Å². The third-order valence-corrected chi connectivity index (χ3v) is 5.88. The normalized spacial score (nSPS) is 18.8. The van der Waals surface area contributed by atoms with Crippen molar-refractivity contribution >= 4 is 5.97 Å². The Hall–Kier alpha value is -1.35. The molecule has 146 valence electrons. The molecule has 0 fully saturated rings. The average Bonchev–Trinajstić information content (AvgIpc) is 2.64. The summed E-state index contributed by atoms with van der Waals surface area (Å²) in [5.41, 5.74) is 9.71. The predicted octanol–water partition coefficient (Wildman–Crippen LogP) is 4.98. The monoisotopic (exact) mass is 359 g/mol. The van der Waals surface area contributed by atoms with E-state index in [1.165, 1.54) is 61.6 Å². The third-order valence-electron chi connectivity index (χ3n) is 5.88. The quantitative estimate of drug-likeness (QED) is 0.474. The molecule has 0 bridgehead atoms. The van der Waals surface area contributed by atoms with E-state index in [9.17, 15) is 4.79 Å². The highest BCUT2D eigenvalue weighted by Gasteiger charge is 2.40. The van der Waals surface area contributed by atoms with E-state index in [0.29, 0.717) is 6.61 Å². The molecule has 0 unspecified atom stereocenters. The maximum atomic E-state index is 12.2. The van der Waals surface area contributed by atoms with Gasteiger partial charge in [-0.25, -0.2) is 0 Å².